The Labute approximate surface area is 112 Å². The number of aromatic nitrogens is 2. The smallest absolute Gasteiger partial charge is 0.223 e. The molecule has 19 heavy (non-hydrogen) atoms. The van der Waals surface area contributed by atoms with Gasteiger partial charge in [-0.1, -0.05) is 12.1 Å². The summed E-state index contributed by atoms with van der Waals surface area (Å²) in [4.78, 5) is 8.59. The zero-order valence-electron chi connectivity index (χ0n) is 11.2. The van der Waals surface area contributed by atoms with Gasteiger partial charge in [-0.2, -0.15) is 0 Å². The molecule has 5 heteroatoms. The van der Waals surface area contributed by atoms with Gasteiger partial charge < -0.3 is 15.8 Å². The van der Waals surface area contributed by atoms with Crippen LogP contribution in [0.3, 0.4) is 0 Å². The SMILES string of the molecule is Cc1cc(C)nc(NCCOc2ccccc2N)n1. The maximum Gasteiger partial charge on any atom is 0.223 e. The van der Waals surface area contributed by atoms with Crippen LogP contribution >= 0.6 is 0 Å². The Morgan fingerprint density at radius 1 is 1.16 bits per heavy atom. The lowest BCUT2D eigenvalue weighted by atomic mass is 10.3. The van der Waals surface area contributed by atoms with Crippen molar-refractivity contribution in [1.29, 1.82) is 0 Å². The van der Waals surface area contributed by atoms with Gasteiger partial charge in [-0.05, 0) is 32.0 Å². The van der Waals surface area contributed by atoms with E-state index in [-0.39, 0.29) is 0 Å². The predicted molar refractivity (Wildman–Crippen MR) is 76.3 cm³/mol. The minimum absolute atomic E-state index is 0.505. The molecule has 5 nitrogen and oxygen atoms in total. The summed E-state index contributed by atoms with van der Waals surface area (Å²) in [5, 5.41) is 3.13. The average Bonchev–Trinajstić information content (AvgIpc) is 2.35. The van der Waals surface area contributed by atoms with E-state index >= 15 is 0 Å². The molecule has 2 rings (SSSR count). The molecule has 2 aromatic rings. The number of nitrogens with two attached hydrogens (primary N) is 1. The summed E-state index contributed by atoms with van der Waals surface area (Å²) in [7, 11) is 0. The largest absolute Gasteiger partial charge is 0.490 e. The monoisotopic (exact) mass is 258 g/mol. The van der Waals surface area contributed by atoms with Crippen LogP contribution in [0, 0.1) is 13.8 Å². The van der Waals surface area contributed by atoms with Crippen LogP contribution in [0.2, 0.25) is 0 Å². The Bertz CT molecular complexity index is 537. The van der Waals surface area contributed by atoms with Crippen molar-refractivity contribution in [3.8, 4) is 5.75 Å². The molecule has 100 valence electrons. The van der Waals surface area contributed by atoms with E-state index in [9.17, 15) is 0 Å². The van der Waals surface area contributed by atoms with Crippen molar-refractivity contribution < 1.29 is 4.74 Å². The Balaban J connectivity index is 1.82. The van der Waals surface area contributed by atoms with E-state index in [0.29, 0.717) is 30.5 Å². The van der Waals surface area contributed by atoms with E-state index in [4.69, 9.17) is 10.5 Å². The molecule has 1 heterocycles. The highest BCUT2D eigenvalue weighted by atomic mass is 16.5. The third kappa shape index (κ3) is 3.84. The lowest BCUT2D eigenvalue weighted by Crippen LogP contribution is -2.14. The highest BCUT2D eigenvalue weighted by Crippen LogP contribution is 2.19. The quantitative estimate of drug-likeness (QED) is 0.635. The minimum atomic E-state index is 0.505. The van der Waals surface area contributed by atoms with Crippen molar-refractivity contribution in [2.45, 2.75) is 13.8 Å². The summed E-state index contributed by atoms with van der Waals surface area (Å²) in [5.74, 6) is 1.33. The zero-order chi connectivity index (χ0) is 13.7. The second-order valence-corrected chi connectivity index (χ2v) is 4.29. The van der Waals surface area contributed by atoms with Gasteiger partial charge in [-0.25, -0.2) is 9.97 Å². The summed E-state index contributed by atoms with van der Waals surface area (Å²) in [5.41, 5.74) is 8.32. The topological polar surface area (TPSA) is 73.1 Å². The fourth-order valence-corrected chi connectivity index (χ4v) is 1.74. The number of nitrogens with one attached hydrogen (secondary N) is 1. The molecule has 0 radical (unpaired) electrons. The van der Waals surface area contributed by atoms with Crippen molar-refractivity contribution in [1.82, 2.24) is 9.97 Å². The molecule has 0 fully saturated rings. The van der Waals surface area contributed by atoms with Crippen LogP contribution in [0.1, 0.15) is 11.4 Å². The van der Waals surface area contributed by atoms with Crippen molar-refractivity contribution in [3.63, 3.8) is 0 Å². The number of para-hydroxylation sites is 2. The summed E-state index contributed by atoms with van der Waals surface area (Å²) in [6.07, 6.45) is 0. The van der Waals surface area contributed by atoms with Gasteiger partial charge in [-0.3, -0.25) is 0 Å². The first-order valence-corrected chi connectivity index (χ1v) is 6.18. The molecule has 0 aliphatic rings. The molecular weight excluding hydrogens is 240 g/mol. The highest BCUT2D eigenvalue weighted by Gasteiger charge is 2.00. The molecule has 0 aliphatic carbocycles. The highest BCUT2D eigenvalue weighted by molar-refractivity contribution is 5.51. The van der Waals surface area contributed by atoms with E-state index in [2.05, 4.69) is 15.3 Å². The Kier molecular flexibility index (Phi) is 4.18. The molecule has 0 atom stereocenters. The normalized spacial score (nSPS) is 10.2. The number of anilines is 2. The van der Waals surface area contributed by atoms with Crippen LogP contribution in [0.15, 0.2) is 30.3 Å². The molecule has 0 amide bonds. The van der Waals surface area contributed by atoms with Gasteiger partial charge in [0.15, 0.2) is 0 Å². The van der Waals surface area contributed by atoms with Crippen LogP contribution in [-0.4, -0.2) is 23.1 Å². The number of rotatable bonds is 5. The van der Waals surface area contributed by atoms with Gasteiger partial charge >= 0.3 is 0 Å². The van der Waals surface area contributed by atoms with Crippen LogP contribution in [0.25, 0.3) is 0 Å². The Morgan fingerprint density at radius 2 is 1.84 bits per heavy atom. The summed E-state index contributed by atoms with van der Waals surface area (Å²) in [6, 6.07) is 9.38. The number of benzene rings is 1. The summed E-state index contributed by atoms with van der Waals surface area (Å²) in [6.45, 7) is 5.02. The van der Waals surface area contributed by atoms with Crippen LogP contribution in [-0.2, 0) is 0 Å². The number of aryl methyl sites for hydroxylation is 2. The first kappa shape index (κ1) is 13.1. The van der Waals surface area contributed by atoms with Crippen molar-refractivity contribution >= 4 is 11.6 Å². The van der Waals surface area contributed by atoms with Gasteiger partial charge in [0, 0.05) is 11.4 Å². The molecule has 1 aromatic carbocycles. The molecule has 0 bridgehead atoms. The fourth-order valence-electron chi connectivity index (χ4n) is 1.74. The van der Waals surface area contributed by atoms with Crippen LogP contribution in [0.5, 0.6) is 5.75 Å². The Morgan fingerprint density at radius 3 is 2.53 bits per heavy atom. The Hall–Kier alpha value is -2.30. The molecule has 0 unspecified atom stereocenters. The average molecular weight is 258 g/mol. The molecule has 0 aliphatic heterocycles. The molecule has 0 saturated heterocycles. The molecule has 0 spiro atoms. The van der Waals surface area contributed by atoms with E-state index in [0.717, 1.165) is 11.4 Å². The number of ether oxygens (including phenoxy) is 1. The third-order valence-electron chi connectivity index (χ3n) is 2.54. The van der Waals surface area contributed by atoms with E-state index in [1.807, 2.05) is 44.2 Å². The molecule has 3 N–H and O–H groups in total. The standard InChI is InChI=1S/C14H18N4O/c1-10-9-11(2)18-14(17-10)16-7-8-19-13-6-4-3-5-12(13)15/h3-6,9H,7-8,15H2,1-2H3,(H,16,17,18). The molecular formula is C14H18N4O. The number of nitrogen functional groups attached to an aromatic ring is 1. The first-order chi connectivity index (χ1) is 9.15. The van der Waals surface area contributed by atoms with E-state index in [1.54, 1.807) is 0 Å². The summed E-state index contributed by atoms with van der Waals surface area (Å²) >= 11 is 0. The summed E-state index contributed by atoms with van der Waals surface area (Å²) < 4.78 is 5.58. The maximum atomic E-state index is 5.78. The lowest BCUT2D eigenvalue weighted by molar-refractivity contribution is 0.334. The minimum Gasteiger partial charge on any atom is -0.490 e. The van der Waals surface area contributed by atoms with Gasteiger partial charge in [0.25, 0.3) is 0 Å². The van der Waals surface area contributed by atoms with E-state index in [1.165, 1.54) is 0 Å². The molecule has 1 aromatic heterocycles. The number of hydrogen-bond acceptors (Lipinski definition) is 5. The number of hydrogen-bond donors (Lipinski definition) is 2. The fraction of sp³-hybridized carbons (Fsp3) is 0.286. The second kappa shape index (κ2) is 6.04. The first-order valence-electron chi connectivity index (χ1n) is 6.18. The van der Waals surface area contributed by atoms with Gasteiger partial charge in [0.05, 0.1) is 12.2 Å². The predicted octanol–water partition coefficient (Wildman–Crippen LogP) is 2.17. The molecule has 0 saturated carbocycles. The van der Waals surface area contributed by atoms with Crippen LogP contribution < -0.4 is 15.8 Å². The van der Waals surface area contributed by atoms with Crippen molar-refractivity contribution in [2.24, 2.45) is 0 Å². The van der Waals surface area contributed by atoms with Crippen LogP contribution in [0.4, 0.5) is 11.6 Å². The lowest BCUT2D eigenvalue weighted by Gasteiger charge is -2.09. The number of nitrogens with zero attached hydrogens (tertiary/aromatic N) is 2. The maximum absolute atomic E-state index is 5.78. The second-order valence-electron chi connectivity index (χ2n) is 4.29. The van der Waals surface area contributed by atoms with Gasteiger partial charge in [0.1, 0.15) is 12.4 Å². The van der Waals surface area contributed by atoms with Crippen molar-refractivity contribution in [2.75, 3.05) is 24.2 Å². The van der Waals surface area contributed by atoms with Gasteiger partial charge in [-0.15, -0.1) is 0 Å². The zero-order valence-corrected chi connectivity index (χ0v) is 11.2. The van der Waals surface area contributed by atoms with Crippen molar-refractivity contribution in [3.05, 3.63) is 41.7 Å². The van der Waals surface area contributed by atoms with E-state index < -0.39 is 0 Å². The van der Waals surface area contributed by atoms with Gasteiger partial charge in [0.2, 0.25) is 5.95 Å². The third-order valence-corrected chi connectivity index (χ3v) is 2.54.